The summed E-state index contributed by atoms with van der Waals surface area (Å²) in [6, 6.07) is -0.558. The lowest BCUT2D eigenvalue weighted by atomic mass is 10.1. The van der Waals surface area contributed by atoms with Crippen LogP contribution < -0.4 is 11.2 Å². The summed E-state index contributed by atoms with van der Waals surface area (Å²) in [5, 5.41) is 12.7. The molecule has 0 aliphatic carbocycles. The number of azide groups is 1. The van der Waals surface area contributed by atoms with E-state index >= 15 is 0 Å². The van der Waals surface area contributed by atoms with Gasteiger partial charge in [0, 0.05) is 17.5 Å². The van der Waals surface area contributed by atoms with Gasteiger partial charge in [-0.15, -0.1) is 0 Å². The highest BCUT2D eigenvalue weighted by molar-refractivity contribution is 9.10. The second-order valence-electron chi connectivity index (χ2n) is 5.50. The summed E-state index contributed by atoms with van der Waals surface area (Å²) < 4.78 is 33.5. The molecule has 198 valence electrons. The van der Waals surface area contributed by atoms with E-state index in [1.54, 1.807) is 0 Å². The number of halogens is 1. The fourth-order valence-electron chi connectivity index (χ4n) is 1.91. The number of rotatable bonds is 3. The minimum absolute atomic E-state index is 0.184. The minimum atomic E-state index is -4.64. The Balaban J connectivity index is 0. The summed E-state index contributed by atoms with van der Waals surface area (Å²) >= 11 is 3.01. The zero-order chi connectivity index (χ0) is 27.5. The Labute approximate surface area is 195 Å². The van der Waals surface area contributed by atoms with Crippen molar-refractivity contribution in [2.75, 3.05) is 6.61 Å². The van der Waals surface area contributed by atoms with Crippen LogP contribution in [0.15, 0.2) is 25.4 Å². The average molecular weight is 626 g/mol. The summed E-state index contributed by atoms with van der Waals surface area (Å²) in [6.07, 6.45) is 0.179. The van der Waals surface area contributed by atoms with Crippen LogP contribution in [0.4, 0.5) is 0 Å². The molecule has 1 aromatic rings. The highest BCUT2D eigenvalue weighted by atomic mass is 79.9. The molecule has 2 rings (SSSR count). The van der Waals surface area contributed by atoms with E-state index in [4.69, 9.17) is 73.1 Å². The molecular formula is C9H19BrN5O16P3. The van der Waals surface area contributed by atoms with Crippen LogP contribution in [-0.2, 0) is 18.4 Å². The number of H-pyrrole nitrogens is 1. The Morgan fingerprint density at radius 2 is 1.47 bits per heavy atom. The smallest absolute Gasteiger partial charge is 0.394 e. The minimum Gasteiger partial charge on any atom is -0.394 e. The van der Waals surface area contributed by atoms with Crippen molar-refractivity contribution >= 4 is 39.4 Å². The number of nitrogens with one attached hydrogen (secondary N) is 1. The Hall–Kier alpha value is -1.28. The first-order valence-corrected chi connectivity index (χ1v) is 13.2. The third kappa shape index (κ3) is 21.3. The van der Waals surface area contributed by atoms with Gasteiger partial charge in [0.05, 0.1) is 23.2 Å². The van der Waals surface area contributed by atoms with Gasteiger partial charge in [-0.05, 0) is 21.5 Å². The molecule has 0 saturated carbocycles. The highest BCUT2D eigenvalue weighted by Gasteiger charge is 2.35. The Kier molecular flexibility index (Phi) is 15.4. The third-order valence-electron chi connectivity index (χ3n) is 2.82. The number of nitrogens with zero attached hydrogens (tertiary/aromatic N) is 4. The normalized spacial score (nSPS) is 19.8. The van der Waals surface area contributed by atoms with Crippen LogP contribution >= 0.6 is 39.4 Å². The molecule has 34 heavy (non-hydrogen) atoms. The number of aliphatic hydroxyl groups excluding tert-OH is 1. The largest absolute Gasteiger partial charge is 0.466 e. The van der Waals surface area contributed by atoms with Gasteiger partial charge in [-0.2, -0.15) is 0 Å². The van der Waals surface area contributed by atoms with Crippen LogP contribution in [0, 0.1) is 0 Å². The maximum Gasteiger partial charge on any atom is 0.466 e. The summed E-state index contributed by atoms with van der Waals surface area (Å²) in [6.45, 7) is -0.320. The first-order valence-electron chi connectivity index (χ1n) is 7.73. The molecule has 1 aliphatic heterocycles. The lowest BCUT2D eigenvalue weighted by molar-refractivity contribution is -0.0271. The number of aromatic amines is 1. The number of phosphoric acid groups is 3. The van der Waals surface area contributed by atoms with E-state index in [0.717, 1.165) is 0 Å². The molecule has 1 saturated heterocycles. The lowest BCUT2D eigenvalue weighted by Gasteiger charge is -2.14. The molecule has 1 unspecified atom stereocenters. The molecular weight excluding hydrogens is 607 g/mol. The topological polar surface area (TPSA) is 366 Å². The predicted molar refractivity (Wildman–Crippen MR) is 110 cm³/mol. The van der Waals surface area contributed by atoms with Crippen molar-refractivity contribution in [3.8, 4) is 0 Å². The fraction of sp³-hybridized carbons (Fsp3) is 0.556. The van der Waals surface area contributed by atoms with Crippen molar-refractivity contribution in [3.63, 3.8) is 0 Å². The first-order chi connectivity index (χ1) is 15.1. The summed E-state index contributed by atoms with van der Waals surface area (Å²) in [7, 11) is -13.9. The molecule has 0 radical (unpaired) electrons. The molecule has 0 aromatic carbocycles. The molecule has 1 fully saturated rings. The molecule has 11 N–H and O–H groups in total. The maximum atomic E-state index is 11.7. The van der Waals surface area contributed by atoms with E-state index in [2.05, 4.69) is 30.9 Å². The van der Waals surface area contributed by atoms with E-state index in [0.29, 0.717) is 0 Å². The van der Waals surface area contributed by atoms with Gasteiger partial charge >= 0.3 is 29.2 Å². The maximum absolute atomic E-state index is 11.7. The van der Waals surface area contributed by atoms with E-state index in [9.17, 15) is 9.59 Å². The first kappa shape index (κ1) is 34.9. The highest BCUT2D eigenvalue weighted by Crippen LogP contribution is 2.30. The number of ether oxygens (including phenoxy) is 1. The molecule has 2 heterocycles. The van der Waals surface area contributed by atoms with Crippen LogP contribution in [0.2, 0.25) is 0 Å². The summed E-state index contributed by atoms with van der Waals surface area (Å²) in [4.78, 5) is 92.4. The summed E-state index contributed by atoms with van der Waals surface area (Å²) in [5.74, 6) is 0. The molecule has 1 aromatic heterocycles. The lowest BCUT2D eigenvalue weighted by Crippen LogP contribution is -2.32. The molecule has 21 nitrogen and oxygen atoms in total. The molecule has 0 bridgehead atoms. The van der Waals surface area contributed by atoms with Crippen LogP contribution in [0.5, 0.6) is 0 Å². The van der Waals surface area contributed by atoms with Gasteiger partial charge in [-0.1, -0.05) is 5.11 Å². The summed E-state index contributed by atoms with van der Waals surface area (Å²) in [5.41, 5.74) is 7.26. The van der Waals surface area contributed by atoms with Crippen LogP contribution in [-0.4, -0.2) is 77.5 Å². The zero-order valence-corrected chi connectivity index (χ0v) is 20.4. The van der Waals surface area contributed by atoms with Crippen molar-refractivity contribution in [3.05, 3.63) is 42.0 Å². The SMILES string of the molecule is O=P(O)(O)O.O=P(O)(O)O.O=P(O)(O)O.[N-]=[N+]=NC1C[C@H](n2cc(Br)c(=O)[nH]c2=O)O[C@@H]1CO. The van der Waals surface area contributed by atoms with E-state index < -0.39 is 53.1 Å². The van der Waals surface area contributed by atoms with Crippen LogP contribution in [0.1, 0.15) is 12.6 Å². The van der Waals surface area contributed by atoms with Gasteiger partial charge in [0.25, 0.3) is 5.56 Å². The molecule has 0 spiro atoms. The Morgan fingerprint density at radius 1 is 1.06 bits per heavy atom. The van der Waals surface area contributed by atoms with Gasteiger partial charge < -0.3 is 53.9 Å². The van der Waals surface area contributed by atoms with E-state index in [1.807, 2.05) is 0 Å². The average Bonchev–Trinajstić information content (AvgIpc) is 2.97. The number of aromatic nitrogens is 2. The predicted octanol–water partition coefficient (Wildman–Crippen LogP) is -2.53. The van der Waals surface area contributed by atoms with E-state index in [-0.39, 0.29) is 17.5 Å². The molecule has 1 aliphatic rings. The third-order valence-corrected chi connectivity index (χ3v) is 3.38. The van der Waals surface area contributed by atoms with Crippen LogP contribution in [0.25, 0.3) is 10.4 Å². The molecule has 3 atom stereocenters. The molecule has 0 amide bonds. The second-order valence-corrected chi connectivity index (χ2v) is 9.44. The van der Waals surface area contributed by atoms with E-state index in [1.165, 1.54) is 10.8 Å². The van der Waals surface area contributed by atoms with Gasteiger partial charge in [0.1, 0.15) is 6.23 Å². The van der Waals surface area contributed by atoms with Gasteiger partial charge in [-0.3, -0.25) is 14.3 Å². The second kappa shape index (κ2) is 15.0. The zero-order valence-electron chi connectivity index (χ0n) is 16.2. The number of hydrogen-bond donors (Lipinski definition) is 11. The van der Waals surface area contributed by atoms with Gasteiger partial charge in [0.2, 0.25) is 0 Å². The van der Waals surface area contributed by atoms with Crippen molar-refractivity contribution in [2.45, 2.75) is 24.8 Å². The monoisotopic (exact) mass is 625 g/mol. The Bertz CT molecular complexity index is 1010. The fourth-order valence-corrected chi connectivity index (χ4v) is 2.23. The standard InChI is InChI=1S/C9H10BrN5O4.3H3O4P/c10-4-2-15(9(18)12-8(4)17)7-1-5(13-14-11)6(3-16)19-7;3*1-5(2,3)4/h2,5-7,16H,1,3H2,(H,12,17,18);3*(H3,1,2,3,4)/t5?,6-,7-;;;/m1.../s1. The Morgan fingerprint density at radius 3 is 1.82 bits per heavy atom. The quantitative estimate of drug-likeness (QED) is 0.0713. The van der Waals surface area contributed by atoms with Crippen molar-refractivity contribution < 1.29 is 67.6 Å². The molecule has 25 heteroatoms. The van der Waals surface area contributed by atoms with Gasteiger partial charge in [0.15, 0.2) is 0 Å². The van der Waals surface area contributed by atoms with Crippen molar-refractivity contribution in [1.82, 2.24) is 9.55 Å². The van der Waals surface area contributed by atoms with Gasteiger partial charge in [-0.25, -0.2) is 18.5 Å². The van der Waals surface area contributed by atoms with Crippen molar-refractivity contribution in [2.24, 2.45) is 5.11 Å². The van der Waals surface area contributed by atoms with Crippen LogP contribution in [0.3, 0.4) is 0 Å². The number of hydrogen-bond acceptors (Lipinski definition) is 8. The number of aliphatic hydroxyl groups is 1. The van der Waals surface area contributed by atoms with Crippen molar-refractivity contribution in [1.29, 1.82) is 0 Å².